The van der Waals surface area contributed by atoms with E-state index in [1.165, 1.54) is 55.8 Å². The molecule has 0 N–H and O–H groups in total. The third-order valence-electron chi connectivity index (χ3n) is 7.04. The molecule has 34 heavy (non-hydrogen) atoms. The van der Waals surface area contributed by atoms with Gasteiger partial charge in [-0.1, -0.05) is 57.2 Å². The predicted molar refractivity (Wildman–Crippen MR) is 143 cm³/mol. The van der Waals surface area contributed by atoms with E-state index in [0.717, 1.165) is 48.1 Å². The Labute approximate surface area is 205 Å². The van der Waals surface area contributed by atoms with E-state index in [0.29, 0.717) is 0 Å². The summed E-state index contributed by atoms with van der Waals surface area (Å²) in [4.78, 5) is 14.9. The van der Waals surface area contributed by atoms with Gasteiger partial charge in [0.2, 0.25) is 0 Å². The second kappa shape index (κ2) is 11.3. The van der Waals surface area contributed by atoms with Crippen molar-refractivity contribution in [1.82, 2.24) is 24.3 Å². The fraction of sp³-hybridized carbons (Fsp3) is 0.517. The number of aryl methyl sites for hydroxylation is 3. The third-order valence-corrected chi connectivity index (χ3v) is 7.04. The molecule has 0 aliphatic carbocycles. The Balaban J connectivity index is 1.33. The smallest absolute Gasteiger partial charge is 0.160 e. The summed E-state index contributed by atoms with van der Waals surface area (Å²) in [6.45, 7) is 18.8. The van der Waals surface area contributed by atoms with E-state index < -0.39 is 0 Å². The van der Waals surface area contributed by atoms with E-state index in [1.54, 1.807) is 0 Å². The normalized spacial score (nSPS) is 15.8. The zero-order valence-electron chi connectivity index (χ0n) is 21.7. The average Bonchev–Trinajstić information content (AvgIpc) is 3.16. The molecule has 182 valence electrons. The van der Waals surface area contributed by atoms with Crippen molar-refractivity contribution in [1.29, 1.82) is 0 Å². The van der Waals surface area contributed by atoms with E-state index in [-0.39, 0.29) is 0 Å². The van der Waals surface area contributed by atoms with Crippen LogP contribution in [0.25, 0.3) is 17.2 Å². The van der Waals surface area contributed by atoms with Crippen molar-refractivity contribution in [3.63, 3.8) is 0 Å². The molecule has 0 atom stereocenters. The lowest BCUT2D eigenvalue weighted by molar-refractivity contribution is 0.138. The second-order valence-corrected chi connectivity index (χ2v) is 10.2. The molecular weight excluding hydrogens is 418 g/mol. The molecule has 1 aliphatic rings. The van der Waals surface area contributed by atoms with Gasteiger partial charge in [0.05, 0.1) is 6.54 Å². The standard InChI is InChI=1S/C29H41N5/c1-6-28-31-27-20-23(4)24(5)30-29(27)34(28)21-26-11-9-25(10-12-26)8-7-14-32-16-18-33(19-17-32)15-13-22(2)3/h7-12,20,22H,6,13-19,21H2,1-5H3. The molecule has 5 nitrogen and oxygen atoms in total. The Kier molecular flexibility index (Phi) is 8.17. The molecule has 0 radical (unpaired) electrons. The van der Waals surface area contributed by atoms with E-state index in [1.807, 2.05) is 0 Å². The number of hydrogen-bond donors (Lipinski definition) is 0. The van der Waals surface area contributed by atoms with Crippen molar-refractivity contribution in [2.24, 2.45) is 5.92 Å². The Morgan fingerprint density at radius 1 is 0.971 bits per heavy atom. The fourth-order valence-corrected chi connectivity index (χ4v) is 4.61. The first-order valence-electron chi connectivity index (χ1n) is 13.0. The van der Waals surface area contributed by atoms with Gasteiger partial charge >= 0.3 is 0 Å². The number of nitrogens with zero attached hydrogens (tertiary/aromatic N) is 5. The number of rotatable bonds is 9. The van der Waals surface area contributed by atoms with Crippen LogP contribution in [0.4, 0.5) is 0 Å². The molecule has 1 aromatic carbocycles. The highest BCUT2D eigenvalue weighted by atomic mass is 15.3. The van der Waals surface area contributed by atoms with Crippen molar-refractivity contribution >= 4 is 17.2 Å². The van der Waals surface area contributed by atoms with Crippen LogP contribution in [0.5, 0.6) is 0 Å². The lowest BCUT2D eigenvalue weighted by atomic mass is 10.1. The first-order valence-corrected chi connectivity index (χ1v) is 13.0. The van der Waals surface area contributed by atoms with Gasteiger partial charge in [0.25, 0.3) is 0 Å². The number of hydrogen-bond acceptors (Lipinski definition) is 4. The summed E-state index contributed by atoms with van der Waals surface area (Å²) in [6.07, 6.45) is 6.78. The molecule has 0 amide bonds. The molecule has 3 aromatic rings. The van der Waals surface area contributed by atoms with Crippen LogP contribution < -0.4 is 0 Å². The van der Waals surface area contributed by atoms with Gasteiger partial charge < -0.3 is 9.47 Å². The Hall–Kier alpha value is -2.50. The molecule has 1 fully saturated rings. The van der Waals surface area contributed by atoms with Crippen molar-refractivity contribution < 1.29 is 0 Å². The summed E-state index contributed by atoms with van der Waals surface area (Å²) in [5.74, 6) is 1.89. The highest BCUT2D eigenvalue weighted by molar-refractivity contribution is 5.73. The zero-order chi connectivity index (χ0) is 24.1. The number of pyridine rings is 1. The molecule has 5 heteroatoms. The first-order chi connectivity index (χ1) is 16.4. The SMILES string of the molecule is CCc1nc2cc(C)c(C)nc2n1Cc1ccc(C=CCN2CCN(CCC(C)C)CC2)cc1. The van der Waals surface area contributed by atoms with Gasteiger partial charge in [0.15, 0.2) is 5.65 Å². The summed E-state index contributed by atoms with van der Waals surface area (Å²) >= 11 is 0. The molecule has 3 heterocycles. The van der Waals surface area contributed by atoms with E-state index >= 15 is 0 Å². The molecule has 4 rings (SSSR count). The first kappa shape index (κ1) is 24.6. The third kappa shape index (κ3) is 6.13. The van der Waals surface area contributed by atoms with Crippen LogP contribution in [0.1, 0.15) is 55.4 Å². The van der Waals surface area contributed by atoms with Crippen LogP contribution in [-0.2, 0) is 13.0 Å². The van der Waals surface area contributed by atoms with Crippen molar-refractivity contribution in [2.45, 2.75) is 54.0 Å². The van der Waals surface area contributed by atoms with Gasteiger partial charge in [0, 0.05) is 44.8 Å². The molecule has 0 spiro atoms. The largest absolute Gasteiger partial charge is 0.308 e. The van der Waals surface area contributed by atoms with Crippen molar-refractivity contribution in [2.75, 3.05) is 39.3 Å². The topological polar surface area (TPSA) is 37.2 Å². The molecule has 2 aromatic heterocycles. The van der Waals surface area contributed by atoms with Crippen molar-refractivity contribution in [3.8, 4) is 0 Å². The lowest BCUT2D eigenvalue weighted by Gasteiger charge is -2.34. The average molecular weight is 460 g/mol. The van der Waals surface area contributed by atoms with Crippen LogP contribution in [0.15, 0.2) is 36.4 Å². The number of aromatic nitrogens is 3. The molecule has 1 saturated heterocycles. The summed E-state index contributed by atoms with van der Waals surface area (Å²) in [5, 5.41) is 0. The summed E-state index contributed by atoms with van der Waals surface area (Å²) in [7, 11) is 0. The van der Waals surface area contributed by atoms with Gasteiger partial charge in [-0.2, -0.15) is 0 Å². The maximum absolute atomic E-state index is 4.85. The fourth-order valence-electron chi connectivity index (χ4n) is 4.61. The number of imidazole rings is 1. The summed E-state index contributed by atoms with van der Waals surface area (Å²) in [6, 6.07) is 11.1. The van der Waals surface area contributed by atoms with Crippen LogP contribution in [-0.4, -0.2) is 63.6 Å². The van der Waals surface area contributed by atoms with E-state index in [9.17, 15) is 0 Å². The van der Waals surface area contributed by atoms with Crippen LogP contribution in [0.3, 0.4) is 0 Å². The zero-order valence-corrected chi connectivity index (χ0v) is 21.7. The quantitative estimate of drug-likeness (QED) is 0.433. The van der Waals surface area contributed by atoms with Crippen molar-refractivity contribution in [3.05, 3.63) is 64.6 Å². The Morgan fingerprint density at radius 3 is 2.35 bits per heavy atom. The minimum Gasteiger partial charge on any atom is -0.308 e. The molecule has 0 bridgehead atoms. The van der Waals surface area contributed by atoms with Gasteiger partial charge in [-0.3, -0.25) is 4.90 Å². The highest BCUT2D eigenvalue weighted by Gasteiger charge is 2.16. The Morgan fingerprint density at radius 2 is 1.68 bits per heavy atom. The molecular formula is C29H41N5. The number of piperazine rings is 1. The Bertz CT molecular complexity index is 1100. The van der Waals surface area contributed by atoms with Gasteiger partial charge in [-0.05, 0) is 55.5 Å². The minimum atomic E-state index is 0.797. The molecule has 1 aliphatic heterocycles. The minimum absolute atomic E-state index is 0.797. The number of benzene rings is 1. The second-order valence-electron chi connectivity index (χ2n) is 10.2. The van der Waals surface area contributed by atoms with Gasteiger partial charge in [0.1, 0.15) is 11.3 Å². The molecule has 0 saturated carbocycles. The highest BCUT2D eigenvalue weighted by Crippen LogP contribution is 2.20. The maximum Gasteiger partial charge on any atom is 0.160 e. The van der Waals surface area contributed by atoms with E-state index in [2.05, 4.69) is 91.5 Å². The number of fused-ring (bicyclic) bond motifs is 1. The van der Waals surface area contributed by atoms with Crippen LogP contribution >= 0.6 is 0 Å². The van der Waals surface area contributed by atoms with Gasteiger partial charge in [-0.25, -0.2) is 9.97 Å². The molecule has 0 unspecified atom stereocenters. The predicted octanol–water partition coefficient (Wildman–Crippen LogP) is 5.34. The summed E-state index contributed by atoms with van der Waals surface area (Å²) < 4.78 is 2.27. The van der Waals surface area contributed by atoms with Crippen LogP contribution in [0, 0.1) is 19.8 Å². The van der Waals surface area contributed by atoms with Crippen LogP contribution in [0.2, 0.25) is 0 Å². The summed E-state index contributed by atoms with van der Waals surface area (Å²) in [5.41, 5.74) is 6.81. The van der Waals surface area contributed by atoms with Gasteiger partial charge in [-0.15, -0.1) is 0 Å². The maximum atomic E-state index is 4.85. The lowest BCUT2D eigenvalue weighted by Crippen LogP contribution is -2.46. The van der Waals surface area contributed by atoms with E-state index in [4.69, 9.17) is 9.97 Å². The monoisotopic (exact) mass is 459 g/mol.